The second kappa shape index (κ2) is 37.7. The van der Waals surface area contributed by atoms with E-state index in [1.807, 2.05) is 0 Å². The van der Waals surface area contributed by atoms with Crippen LogP contribution in [-0.4, -0.2) is 25.2 Å². The molecule has 0 aliphatic rings. The van der Waals surface area contributed by atoms with Gasteiger partial charge in [-0.05, 0) is 77.0 Å². The zero-order valence-corrected chi connectivity index (χ0v) is 33.5. The first kappa shape index (κ1) is 47.4. The largest absolute Gasteiger partial charge is 0.465 e. The van der Waals surface area contributed by atoms with Crippen molar-refractivity contribution in [2.24, 2.45) is 5.41 Å². The third kappa shape index (κ3) is 33.3. The van der Waals surface area contributed by atoms with E-state index in [1.165, 1.54) is 141 Å². The zero-order valence-electron chi connectivity index (χ0n) is 33.5. The van der Waals surface area contributed by atoms with E-state index in [1.54, 1.807) is 0 Å². The molecule has 0 saturated heterocycles. The minimum atomic E-state index is -0.271. The van der Waals surface area contributed by atoms with E-state index < -0.39 is 0 Å². The molecule has 0 rings (SSSR count). The number of hydrogen-bond acceptors (Lipinski definition) is 4. The van der Waals surface area contributed by atoms with Crippen molar-refractivity contribution in [1.29, 1.82) is 0 Å². The van der Waals surface area contributed by atoms with E-state index in [-0.39, 0.29) is 17.4 Å². The first-order valence-electron chi connectivity index (χ1n) is 21.6. The molecule has 0 radical (unpaired) electrons. The monoisotopic (exact) mass is 689 g/mol. The van der Waals surface area contributed by atoms with Crippen LogP contribution in [0.15, 0.2) is 24.3 Å². The number of hydrogen-bond donors (Lipinski definition) is 0. The van der Waals surface area contributed by atoms with E-state index in [4.69, 9.17) is 9.47 Å². The summed E-state index contributed by atoms with van der Waals surface area (Å²) in [7, 11) is 0. The van der Waals surface area contributed by atoms with Gasteiger partial charge in [0.25, 0.3) is 0 Å². The van der Waals surface area contributed by atoms with Crippen LogP contribution in [0.25, 0.3) is 0 Å². The van der Waals surface area contributed by atoms with Crippen LogP contribution in [0.2, 0.25) is 0 Å². The molecule has 0 bridgehead atoms. The van der Waals surface area contributed by atoms with E-state index in [2.05, 4.69) is 52.0 Å². The maximum absolute atomic E-state index is 12.6. The van der Waals surface area contributed by atoms with Crippen molar-refractivity contribution < 1.29 is 19.1 Å². The predicted octanol–water partition coefficient (Wildman–Crippen LogP) is 14.7. The number of ether oxygens (including phenoxy) is 2. The zero-order chi connectivity index (χ0) is 35.9. The molecular weight excluding hydrogens is 604 g/mol. The van der Waals surface area contributed by atoms with Crippen molar-refractivity contribution in [3.05, 3.63) is 24.3 Å². The van der Waals surface area contributed by atoms with Crippen molar-refractivity contribution in [2.45, 2.75) is 233 Å². The maximum atomic E-state index is 12.6. The Balaban J connectivity index is 4.00. The molecule has 0 unspecified atom stereocenters. The fourth-order valence-electron chi connectivity index (χ4n) is 6.41. The van der Waals surface area contributed by atoms with Crippen LogP contribution in [0.1, 0.15) is 233 Å². The van der Waals surface area contributed by atoms with Crippen LogP contribution in [0, 0.1) is 5.41 Å². The summed E-state index contributed by atoms with van der Waals surface area (Å²) in [5.74, 6) is -0.210. The van der Waals surface area contributed by atoms with Gasteiger partial charge < -0.3 is 9.47 Å². The first-order chi connectivity index (χ1) is 24.0. The number of unbranched alkanes of at least 4 members (excludes halogenated alkanes) is 23. The molecular formula is C45H84O4. The molecule has 0 fully saturated rings. The van der Waals surface area contributed by atoms with Gasteiger partial charge in [0.1, 0.15) is 13.2 Å². The summed E-state index contributed by atoms with van der Waals surface area (Å²) in [4.78, 5) is 25.2. The lowest BCUT2D eigenvalue weighted by Crippen LogP contribution is -2.34. The number of allylic oxidation sites excluding steroid dienone is 4. The minimum Gasteiger partial charge on any atom is -0.465 e. The molecule has 0 amide bonds. The predicted molar refractivity (Wildman–Crippen MR) is 213 cm³/mol. The number of rotatable bonds is 38. The molecule has 0 atom stereocenters. The summed E-state index contributed by atoms with van der Waals surface area (Å²) in [6.07, 6.45) is 46.8. The van der Waals surface area contributed by atoms with E-state index in [0.29, 0.717) is 26.1 Å². The van der Waals surface area contributed by atoms with Gasteiger partial charge >= 0.3 is 11.9 Å². The molecule has 4 heteroatoms. The van der Waals surface area contributed by atoms with Crippen LogP contribution in [0.5, 0.6) is 0 Å². The third-order valence-electron chi connectivity index (χ3n) is 10.2. The summed E-state index contributed by atoms with van der Waals surface area (Å²) in [5, 5.41) is 0. The van der Waals surface area contributed by atoms with Gasteiger partial charge in [-0.1, -0.05) is 168 Å². The second-order valence-corrected chi connectivity index (χ2v) is 14.9. The Kier molecular flexibility index (Phi) is 36.5. The van der Waals surface area contributed by atoms with Crippen molar-refractivity contribution >= 4 is 11.9 Å². The van der Waals surface area contributed by atoms with Gasteiger partial charge in [-0.2, -0.15) is 0 Å². The molecule has 0 aromatic carbocycles. The average Bonchev–Trinajstić information content (AvgIpc) is 3.11. The van der Waals surface area contributed by atoms with E-state index in [9.17, 15) is 9.59 Å². The van der Waals surface area contributed by atoms with E-state index in [0.717, 1.165) is 51.4 Å². The van der Waals surface area contributed by atoms with Gasteiger partial charge in [-0.15, -0.1) is 0 Å². The lowest BCUT2D eigenvalue weighted by atomic mass is 9.81. The quantitative estimate of drug-likeness (QED) is 0.0368. The lowest BCUT2D eigenvalue weighted by molar-refractivity contribution is -0.155. The van der Waals surface area contributed by atoms with Crippen molar-refractivity contribution in [2.75, 3.05) is 13.2 Å². The second-order valence-electron chi connectivity index (χ2n) is 14.9. The third-order valence-corrected chi connectivity index (χ3v) is 10.2. The Morgan fingerprint density at radius 2 is 0.714 bits per heavy atom. The number of esters is 2. The Bertz CT molecular complexity index is 714. The van der Waals surface area contributed by atoms with Crippen molar-refractivity contribution in [3.8, 4) is 0 Å². The topological polar surface area (TPSA) is 52.6 Å². The fraction of sp³-hybridized carbons (Fsp3) is 0.867. The summed E-state index contributed by atoms with van der Waals surface area (Å²) in [5.41, 5.74) is -0.271. The SMILES string of the molecule is CCCCCCCCC=CCCCCCCCC(=O)OCC(CC)(CCCC)COC(=O)CCCCCCCC=CCCCCCCCC. The Hall–Kier alpha value is -1.58. The molecule has 288 valence electrons. The highest BCUT2D eigenvalue weighted by atomic mass is 16.5. The summed E-state index contributed by atoms with van der Waals surface area (Å²) >= 11 is 0. The molecule has 0 aliphatic heterocycles. The van der Waals surface area contributed by atoms with Gasteiger partial charge in [-0.25, -0.2) is 0 Å². The number of carbonyl (C=O) groups excluding carboxylic acids is 2. The van der Waals surface area contributed by atoms with Crippen LogP contribution in [-0.2, 0) is 19.1 Å². The standard InChI is InChI=1S/C45H84O4/c1-5-9-12-14-16-18-20-22-24-26-28-30-32-34-36-38-43(46)48-41-45(8-4,40-11-7-3)42-49-44(47)39-37-35-33-31-29-27-25-23-21-19-17-15-13-10-6-2/h22-25H,5-21,26-42H2,1-4H3. The summed E-state index contributed by atoms with van der Waals surface area (Å²) in [6, 6.07) is 0. The molecule has 0 aromatic rings. The van der Waals surface area contributed by atoms with Crippen LogP contribution >= 0.6 is 0 Å². The molecule has 0 heterocycles. The van der Waals surface area contributed by atoms with Crippen molar-refractivity contribution in [1.82, 2.24) is 0 Å². The Labute approximate surface area is 306 Å². The van der Waals surface area contributed by atoms with Crippen molar-refractivity contribution in [3.63, 3.8) is 0 Å². The smallest absolute Gasteiger partial charge is 0.305 e. The van der Waals surface area contributed by atoms with Crippen LogP contribution < -0.4 is 0 Å². The minimum absolute atomic E-state index is 0.105. The lowest BCUT2D eigenvalue weighted by Gasteiger charge is -2.31. The highest BCUT2D eigenvalue weighted by Crippen LogP contribution is 2.30. The summed E-state index contributed by atoms with van der Waals surface area (Å²) in [6.45, 7) is 9.56. The van der Waals surface area contributed by atoms with Gasteiger partial charge in [0.05, 0.1) is 0 Å². The highest BCUT2D eigenvalue weighted by Gasteiger charge is 2.31. The maximum Gasteiger partial charge on any atom is 0.305 e. The van der Waals surface area contributed by atoms with E-state index >= 15 is 0 Å². The van der Waals surface area contributed by atoms with Gasteiger partial charge in [0, 0.05) is 18.3 Å². The summed E-state index contributed by atoms with van der Waals surface area (Å²) < 4.78 is 11.6. The van der Waals surface area contributed by atoms with Gasteiger partial charge in [0.2, 0.25) is 0 Å². The molecule has 0 aliphatic carbocycles. The molecule has 49 heavy (non-hydrogen) atoms. The van der Waals surface area contributed by atoms with Gasteiger partial charge in [-0.3, -0.25) is 9.59 Å². The molecule has 0 N–H and O–H groups in total. The number of carbonyl (C=O) groups is 2. The molecule has 0 saturated carbocycles. The Morgan fingerprint density at radius 1 is 0.408 bits per heavy atom. The fourth-order valence-corrected chi connectivity index (χ4v) is 6.41. The van der Waals surface area contributed by atoms with Crippen LogP contribution in [0.3, 0.4) is 0 Å². The normalized spacial score (nSPS) is 13.0. The van der Waals surface area contributed by atoms with Gasteiger partial charge in [0.15, 0.2) is 0 Å². The first-order valence-corrected chi connectivity index (χ1v) is 21.6. The molecule has 4 nitrogen and oxygen atoms in total. The van der Waals surface area contributed by atoms with Crippen LogP contribution in [0.4, 0.5) is 0 Å². The average molecular weight is 689 g/mol. The highest BCUT2D eigenvalue weighted by molar-refractivity contribution is 5.69. The Morgan fingerprint density at radius 3 is 1.04 bits per heavy atom. The molecule has 0 aromatic heterocycles. The molecule has 0 spiro atoms.